The van der Waals surface area contributed by atoms with Gasteiger partial charge in [0, 0.05) is 17.7 Å². The highest BCUT2D eigenvalue weighted by Crippen LogP contribution is 2.35. The summed E-state index contributed by atoms with van der Waals surface area (Å²) in [4.78, 5) is 4.97. The van der Waals surface area contributed by atoms with Gasteiger partial charge in [-0.1, -0.05) is 64.1 Å². The summed E-state index contributed by atoms with van der Waals surface area (Å²) in [5, 5.41) is 3.82. The first-order valence-electron chi connectivity index (χ1n) is 9.46. The quantitative estimate of drug-likeness (QED) is 0.602. The Bertz CT molecular complexity index is 869. The lowest BCUT2D eigenvalue weighted by Gasteiger charge is -2.34. The minimum absolute atomic E-state index is 0.0325. The van der Waals surface area contributed by atoms with Gasteiger partial charge < -0.3 is 5.32 Å². The molecule has 3 nitrogen and oxygen atoms in total. The maximum Gasteiger partial charge on any atom is 0.138 e. The fourth-order valence-corrected chi connectivity index (χ4v) is 4.03. The third-order valence-electron chi connectivity index (χ3n) is 4.70. The Kier molecular flexibility index (Phi) is 4.83. The number of fused-ring (bicyclic) bond motifs is 1. The Morgan fingerprint density at radius 2 is 1.62 bits per heavy atom. The molecule has 1 atom stereocenters. The van der Waals surface area contributed by atoms with Crippen molar-refractivity contribution in [3.63, 3.8) is 0 Å². The first-order chi connectivity index (χ1) is 12.2. The van der Waals surface area contributed by atoms with Crippen molar-refractivity contribution in [3.05, 3.63) is 66.0 Å². The molecular weight excluding hydrogens is 318 g/mol. The van der Waals surface area contributed by atoms with E-state index in [1.54, 1.807) is 0 Å². The summed E-state index contributed by atoms with van der Waals surface area (Å²) < 4.78 is 2.18. The van der Waals surface area contributed by atoms with E-state index in [2.05, 4.69) is 99.9 Å². The zero-order valence-electron chi connectivity index (χ0n) is 16.9. The van der Waals surface area contributed by atoms with Gasteiger partial charge in [0.25, 0.3) is 0 Å². The Morgan fingerprint density at radius 3 is 2.27 bits per heavy atom. The minimum Gasteiger partial charge on any atom is -0.365 e. The predicted octanol–water partition coefficient (Wildman–Crippen LogP) is 6.11. The molecule has 3 heteroatoms. The number of nitrogens with one attached hydrogen (secondary N) is 1. The molecule has 0 saturated carbocycles. The number of rotatable bonds is 5. The van der Waals surface area contributed by atoms with E-state index in [4.69, 9.17) is 4.98 Å². The van der Waals surface area contributed by atoms with Crippen molar-refractivity contribution in [2.24, 2.45) is 5.41 Å². The summed E-state index contributed by atoms with van der Waals surface area (Å²) in [7, 11) is 0. The highest BCUT2D eigenvalue weighted by Gasteiger charge is 2.29. The number of hydrogen-bond donors (Lipinski definition) is 1. The molecule has 3 aromatic rings. The number of aromatic nitrogens is 2. The summed E-state index contributed by atoms with van der Waals surface area (Å²) in [6.45, 7) is 13.7. The highest BCUT2D eigenvalue weighted by molar-refractivity contribution is 5.58. The van der Waals surface area contributed by atoms with Crippen LogP contribution in [-0.4, -0.2) is 14.9 Å². The Labute approximate surface area is 157 Å². The lowest BCUT2D eigenvalue weighted by Crippen LogP contribution is -2.36. The monoisotopic (exact) mass is 349 g/mol. The van der Waals surface area contributed by atoms with E-state index < -0.39 is 0 Å². The number of nitrogens with zero attached hydrogens (tertiary/aromatic N) is 2. The molecule has 0 radical (unpaired) electrons. The van der Waals surface area contributed by atoms with Crippen LogP contribution < -0.4 is 5.32 Å². The van der Waals surface area contributed by atoms with Crippen LogP contribution in [0.4, 0.5) is 5.82 Å². The van der Waals surface area contributed by atoms with Crippen LogP contribution in [0.25, 0.3) is 5.65 Å². The number of anilines is 1. The van der Waals surface area contributed by atoms with Crippen LogP contribution in [0.15, 0.2) is 54.7 Å². The average molecular weight is 350 g/mol. The minimum atomic E-state index is -0.0325. The van der Waals surface area contributed by atoms with Gasteiger partial charge in [0.2, 0.25) is 0 Å². The summed E-state index contributed by atoms with van der Waals surface area (Å²) in [5.74, 6) is 1.33. The largest absolute Gasteiger partial charge is 0.365 e. The molecule has 0 unspecified atom stereocenters. The third kappa shape index (κ3) is 4.09. The van der Waals surface area contributed by atoms with E-state index in [1.165, 1.54) is 5.56 Å². The van der Waals surface area contributed by atoms with Crippen molar-refractivity contribution >= 4 is 11.5 Å². The number of benzene rings is 1. The van der Waals surface area contributed by atoms with Crippen LogP contribution in [0.2, 0.25) is 0 Å². The van der Waals surface area contributed by atoms with Crippen molar-refractivity contribution in [2.75, 3.05) is 5.32 Å². The number of pyridine rings is 1. The van der Waals surface area contributed by atoms with E-state index in [0.717, 1.165) is 23.6 Å². The Balaban J connectivity index is 2.05. The van der Waals surface area contributed by atoms with Gasteiger partial charge in [-0.15, -0.1) is 0 Å². The van der Waals surface area contributed by atoms with Crippen molar-refractivity contribution in [2.45, 2.75) is 59.4 Å². The summed E-state index contributed by atoms with van der Waals surface area (Å²) >= 11 is 0. The molecule has 0 aliphatic rings. The van der Waals surface area contributed by atoms with Crippen molar-refractivity contribution in [3.8, 4) is 0 Å². The molecule has 0 spiro atoms. The van der Waals surface area contributed by atoms with Gasteiger partial charge in [0.15, 0.2) is 0 Å². The van der Waals surface area contributed by atoms with Gasteiger partial charge in [-0.25, -0.2) is 4.98 Å². The Hall–Kier alpha value is -2.29. The molecule has 2 aromatic heterocycles. The van der Waals surface area contributed by atoms with Crippen molar-refractivity contribution in [1.29, 1.82) is 0 Å². The van der Waals surface area contributed by atoms with Gasteiger partial charge in [-0.2, -0.15) is 0 Å². The topological polar surface area (TPSA) is 29.3 Å². The average Bonchev–Trinajstić information content (AvgIpc) is 2.91. The lowest BCUT2D eigenvalue weighted by molar-refractivity contribution is 0.301. The first-order valence-corrected chi connectivity index (χ1v) is 9.46. The van der Waals surface area contributed by atoms with Crippen molar-refractivity contribution < 1.29 is 0 Å². The van der Waals surface area contributed by atoms with Gasteiger partial charge in [-0.3, -0.25) is 4.40 Å². The molecule has 1 N–H and O–H groups in total. The van der Waals surface area contributed by atoms with E-state index in [-0.39, 0.29) is 16.9 Å². The van der Waals surface area contributed by atoms with Gasteiger partial charge in [0.1, 0.15) is 11.5 Å². The molecule has 0 aliphatic heterocycles. The van der Waals surface area contributed by atoms with E-state index in [1.807, 2.05) is 6.07 Å². The van der Waals surface area contributed by atoms with E-state index in [9.17, 15) is 0 Å². The second-order valence-corrected chi connectivity index (χ2v) is 9.15. The van der Waals surface area contributed by atoms with Gasteiger partial charge in [0.05, 0.1) is 5.69 Å². The second-order valence-electron chi connectivity index (χ2n) is 9.15. The first kappa shape index (κ1) is 18.5. The van der Waals surface area contributed by atoms with E-state index in [0.29, 0.717) is 0 Å². The maximum absolute atomic E-state index is 4.97. The van der Waals surface area contributed by atoms with Crippen LogP contribution in [0, 0.1) is 5.41 Å². The summed E-state index contributed by atoms with van der Waals surface area (Å²) in [6.07, 6.45) is 3.16. The molecule has 1 aromatic carbocycles. The normalized spacial score (nSPS) is 13.8. The molecule has 0 bridgehead atoms. The molecule has 0 fully saturated rings. The van der Waals surface area contributed by atoms with Crippen LogP contribution >= 0.6 is 0 Å². The molecule has 3 rings (SSSR count). The highest BCUT2D eigenvalue weighted by atomic mass is 15.2. The fourth-order valence-electron chi connectivity index (χ4n) is 4.03. The SMILES string of the molecule is C[C@@H](c1ccccc1)c1nc2ccccn2c1NC(C)(C)CC(C)(C)C. The van der Waals surface area contributed by atoms with E-state index >= 15 is 0 Å². The third-order valence-corrected chi connectivity index (χ3v) is 4.70. The molecule has 26 heavy (non-hydrogen) atoms. The van der Waals surface area contributed by atoms with Crippen LogP contribution in [0.3, 0.4) is 0 Å². The van der Waals surface area contributed by atoms with Crippen LogP contribution in [-0.2, 0) is 0 Å². The number of imidazole rings is 1. The van der Waals surface area contributed by atoms with Gasteiger partial charge in [-0.05, 0) is 43.4 Å². The fraction of sp³-hybridized carbons (Fsp3) is 0.435. The lowest BCUT2D eigenvalue weighted by atomic mass is 9.81. The smallest absolute Gasteiger partial charge is 0.138 e. The molecular formula is C23H31N3. The number of hydrogen-bond acceptors (Lipinski definition) is 2. The standard InChI is InChI=1S/C23H31N3/c1-17(18-12-8-7-9-13-18)20-21(25-23(5,6)16-22(2,3)4)26-15-11-10-14-19(26)24-20/h7-15,17,25H,16H2,1-6H3/t17-/m0/s1. The zero-order chi connectivity index (χ0) is 18.9. The van der Waals surface area contributed by atoms with Crippen molar-refractivity contribution in [1.82, 2.24) is 9.38 Å². The molecule has 138 valence electrons. The summed E-state index contributed by atoms with van der Waals surface area (Å²) in [6, 6.07) is 16.8. The molecule has 0 aliphatic carbocycles. The maximum atomic E-state index is 4.97. The second kappa shape index (κ2) is 6.79. The molecule has 0 amide bonds. The summed E-state index contributed by atoms with van der Waals surface area (Å²) in [5.41, 5.74) is 3.59. The Morgan fingerprint density at radius 1 is 0.962 bits per heavy atom. The predicted molar refractivity (Wildman–Crippen MR) is 111 cm³/mol. The molecule has 2 heterocycles. The van der Waals surface area contributed by atoms with Crippen LogP contribution in [0.5, 0.6) is 0 Å². The van der Waals surface area contributed by atoms with Crippen LogP contribution in [0.1, 0.15) is 65.1 Å². The van der Waals surface area contributed by atoms with Gasteiger partial charge >= 0.3 is 0 Å². The molecule has 0 saturated heterocycles. The zero-order valence-corrected chi connectivity index (χ0v) is 16.9.